The van der Waals surface area contributed by atoms with E-state index in [1.54, 1.807) is 6.92 Å². The van der Waals surface area contributed by atoms with Gasteiger partial charge in [0, 0.05) is 10.8 Å². The molecule has 0 saturated heterocycles. The molecule has 0 amide bonds. The van der Waals surface area contributed by atoms with E-state index in [2.05, 4.69) is 94.5 Å². The van der Waals surface area contributed by atoms with Gasteiger partial charge < -0.3 is 20.4 Å². The van der Waals surface area contributed by atoms with Gasteiger partial charge in [-0.3, -0.25) is 4.79 Å². The lowest BCUT2D eigenvalue weighted by Crippen LogP contribution is -2.49. The average molecular weight is 747 g/mol. The van der Waals surface area contributed by atoms with Gasteiger partial charge in [-0.05, 0) is 78.5 Å². The summed E-state index contributed by atoms with van der Waals surface area (Å²) in [5.41, 5.74) is 8.81. The first kappa shape index (κ1) is 46.8. The van der Waals surface area contributed by atoms with Crippen molar-refractivity contribution in [3.63, 3.8) is 0 Å². The van der Waals surface area contributed by atoms with Gasteiger partial charge in [-0.25, -0.2) is 0 Å². The number of allylic oxidation sites excluding steroid dienone is 26. The SMILES string of the molecule is CC1=C(/C=C/C(C)=C/C=C/C(C)=C/C=C/C(C)=C/C=C/C=C(C)/C=C/C=C(C)/C=C/C=C(C)/C=C/C2=C(C)C(=O)[C@@H](O)[C@H](O)C2(C)C)C(C)(C)[C@@H](O)[C@H](O)C1. The highest BCUT2D eigenvalue weighted by Crippen LogP contribution is 2.42. The normalized spacial score (nSPS) is 25.7. The molecular weight excluding hydrogens is 681 g/mol. The van der Waals surface area contributed by atoms with Crippen molar-refractivity contribution in [2.75, 3.05) is 0 Å². The molecular formula is C50H66O5. The molecule has 0 heterocycles. The van der Waals surface area contributed by atoms with E-state index in [4.69, 9.17) is 0 Å². The van der Waals surface area contributed by atoms with Crippen LogP contribution in [0.4, 0.5) is 0 Å². The maximum absolute atomic E-state index is 12.3. The minimum atomic E-state index is -1.38. The summed E-state index contributed by atoms with van der Waals surface area (Å²) < 4.78 is 0. The molecule has 0 aliphatic heterocycles. The molecule has 5 heteroatoms. The summed E-state index contributed by atoms with van der Waals surface area (Å²) >= 11 is 0. The molecule has 0 fully saturated rings. The first-order valence-electron chi connectivity index (χ1n) is 19.2. The lowest BCUT2D eigenvalue weighted by atomic mass is 9.69. The molecule has 0 saturated carbocycles. The molecule has 0 bridgehead atoms. The lowest BCUT2D eigenvalue weighted by Gasteiger charge is -2.40. The van der Waals surface area contributed by atoms with Gasteiger partial charge in [0.1, 0.15) is 6.10 Å². The van der Waals surface area contributed by atoms with Gasteiger partial charge in [-0.1, -0.05) is 188 Å². The molecule has 2 rings (SSSR count). The number of carbonyl (C=O) groups excluding carboxylic acids is 1. The molecule has 0 radical (unpaired) electrons. The second kappa shape index (κ2) is 21.6. The molecule has 2 aliphatic rings. The monoisotopic (exact) mass is 746 g/mol. The zero-order valence-electron chi connectivity index (χ0n) is 35.3. The number of aliphatic hydroxyl groups excluding tert-OH is 4. The van der Waals surface area contributed by atoms with Crippen LogP contribution in [0, 0.1) is 10.8 Å². The summed E-state index contributed by atoms with van der Waals surface area (Å²) in [7, 11) is 0. The fourth-order valence-electron chi connectivity index (χ4n) is 6.54. The fraction of sp³-hybridized carbons (Fsp3) is 0.380. The molecule has 55 heavy (non-hydrogen) atoms. The Morgan fingerprint density at radius 2 is 0.836 bits per heavy atom. The Morgan fingerprint density at radius 3 is 1.24 bits per heavy atom. The molecule has 4 N–H and O–H groups in total. The first-order valence-corrected chi connectivity index (χ1v) is 19.2. The number of hydrogen-bond donors (Lipinski definition) is 4. The second-order valence-corrected chi connectivity index (χ2v) is 16.1. The highest BCUT2D eigenvalue weighted by Gasteiger charge is 2.45. The predicted octanol–water partition coefficient (Wildman–Crippen LogP) is 10.7. The largest absolute Gasteiger partial charge is 0.390 e. The van der Waals surface area contributed by atoms with Crippen LogP contribution in [0.3, 0.4) is 0 Å². The molecule has 0 aromatic carbocycles. The van der Waals surface area contributed by atoms with E-state index < -0.39 is 41.0 Å². The van der Waals surface area contributed by atoms with Crippen molar-refractivity contribution < 1.29 is 25.2 Å². The van der Waals surface area contributed by atoms with Crippen LogP contribution in [-0.2, 0) is 4.79 Å². The molecule has 0 aromatic rings. The van der Waals surface area contributed by atoms with Gasteiger partial charge in [-0.15, -0.1) is 0 Å². The van der Waals surface area contributed by atoms with Crippen LogP contribution in [-0.4, -0.2) is 50.6 Å². The van der Waals surface area contributed by atoms with E-state index in [1.807, 2.05) is 103 Å². The maximum Gasteiger partial charge on any atom is 0.189 e. The van der Waals surface area contributed by atoms with Crippen molar-refractivity contribution in [2.24, 2.45) is 10.8 Å². The number of carbonyl (C=O) groups is 1. The molecule has 0 spiro atoms. The van der Waals surface area contributed by atoms with Crippen LogP contribution >= 0.6 is 0 Å². The van der Waals surface area contributed by atoms with Crippen LogP contribution in [0.2, 0.25) is 0 Å². The number of ketones is 1. The van der Waals surface area contributed by atoms with Crippen LogP contribution in [0.25, 0.3) is 0 Å². The highest BCUT2D eigenvalue weighted by atomic mass is 16.3. The van der Waals surface area contributed by atoms with Crippen LogP contribution < -0.4 is 0 Å². The van der Waals surface area contributed by atoms with E-state index in [0.29, 0.717) is 12.0 Å². The van der Waals surface area contributed by atoms with E-state index in [0.717, 1.165) is 50.2 Å². The van der Waals surface area contributed by atoms with Crippen LogP contribution in [0.5, 0.6) is 0 Å². The number of Topliss-reactive ketones (excluding diaryl/α,β-unsaturated/α-hetero) is 1. The fourth-order valence-corrected chi connectivity index (χ4v) is 6.54. The third-order valence-electron chi connectivity index (χ3n) is 10.3. The molecule has 0 unspecified atom stereocenters. The van der Waals surface area contributed by atoms with Gasteiger partial charge in [0.2, 0.25) is 0 Å². The lowest BCUT2D eigenvalue weighted by molar-refractivity contribution is -0.135. The Labute approximate surface area is 332 Å². The van der Waals surface area contributed by atoms with Gasteiger partial charge in [0.25, 0.3) is 0 Å². The number of aliphatic hydroxyl groups is 4. The van der Waals surface area contributed by atoms with Gasteiger partial charge in [0.05, 0.1) is 18.3 Å². The quantitative estimate of drug-likeness (QED) is 0.133. The van der Waals surface area contributed by atoms with Crippen LogP contribution in [0.15, 0.2) is 177 Å². The minimum absolute atomic E-state index is 0.424. The summed E-state index contributed by atoms with van der Waals surface area (Å²) in [6.45, 7) is 23.6. The van der Waals surface area contributed by atoms with Crippen molar-refractivity contribution in [1.29, 1.82) is 0 Å². The third-order valence-corrected chi connectivity index (χ3v) is 10.3. The Balaban J connectivity index is 1.89. The smallest absolute Gasteiger partial charge is 0.189 e. The van der Waals surface area contributed by atoms with Crippen molar-refractivity contribution in [1.82, 2.24) is 0 Å². The molecule has 296 valence electrons. The Hall–Kier alpha value is -4.39. The Bertz CT molecular complexity index is 1860. The summed E-state index contributed by atoms with van der Waals surface area (Å²) in [6, 6.07) is 0. The second-order valence-electron chi connectivity index (χ2n) is 16.1. The maximum atomic E-state index is 12.3. The molecule has 4 atom stereocenters. The van der Waals surface area contributed by atoms with E-state index in [1.165, 1.54) is 0 Å². The van der Waals surface area contributed by atoms with Crippen LogP contribution in [0.1, 0.15) is 89.5 Å². The van der Waals surface area contributed by atoms with Crippen molar-refractivity contribution in [2.45, 2.75) is 114 Å². The van der Waals surface area contributed by atoms with Gasteiger partial charge >= 0.3 is 0 Å². The third kappa shape index (κ3) is 14.3. The molecule has 2 aliphatic carbocycles. The zero-order chi connectivity index (χ0) is 41.5. The standard InChI is InChI=1S/C50H66O5/c1-34(21-15-23-36(3)25-17-27-38(5)29-31-42-40(7)33-44(51)47(54)49(42,9)10)19-13-14-20-35(2)22-16-24-37(4)26-18-28-39(6)30-32-43-41(8)45(52)46(53)48(55)50(43,11)12/h13-32,44,46-48,51,53-55H,33H2,1-12H3/b14-13+,21-15+,22-16+,25-17+,26-18+,31-29+,32-30+,34-19+,35-20+,36-23+,37-24+,38-27+,39-28+/t44-,46-,47+,48+/m1/s1. The van der Waals surface area contributed by atoms with Gasteiger partial charge in [-0.2, -0.15) is 0 Å². The van der Waals surface area contributed by atoms with Crippen molar-refractivity contribution in [3.05, 3.63) is 177 Å². The molecule has 5 nitrogen and oxygen atoms in total. The van der Waals surface area contributed by atoms with Crippen molar-refractivity contribution >= 4 is 5.78 Å². The molecule has 0 aromatic heterocycles. The van der Waals surface area contributed by atoms with Gasteiger partial charge in [0.15, 0.2) is 5.78 Å². The van der Waals surface area contributed by atoms with E-state index >= 15 is 0 Å². The number of rotatable bonds is 14. The summed E-state index contributed by atoms with van der Waals surface area (Å²) in [5.74, 6) is -0.424. The topological polar surface area (TPSA) is 98.0 Å². The zero-order valence-corrected chi connectivity index (χ0v) is 35.3. The summed E-state index contributed by atoms with van der Waals surface area (Å²) in [5, 5.41) is 41.1. The average Bonchev–Trinajstić information content (AvgIpc) is 3.10. The van der Waals surface area contributed by atoms with E-state index in [-0.39, 0.29) is 0 Å². The summed E-state index contributed by atoms with van der Waals surface area (Å²) in [4.78, 5) is 12.3. The minimum Gasteiger partial charge on any atom is -0.390 e. The highest BCUT2D eigenvalue weighted by molar-refractivity contribution is 6.01. The summed E-state index contributed by atoms with van der Waals surface area (Å²) in [6.07, 6.45) is 37.2. The number of hydrogen-bond acceptors (Lipinski definition) is 5. The van der Waals surface area contributed by atoms with E-state index in [9.17, 15) is 25.2 Å². The first-order chi connectivity index (χ1) is 25.7. The predicted molar refractivity (Wildman–Crippen MR) is 233 cm³/mol. The Morgan fingerprint density at radius 1 is 0.509 bits per heavy atom. The Kier molecular flexibility index (Phi) is 18.4. The van der Waals surface area contributed by atoms with Crippen molar-refractivity contribution in [3.8, 4) is 0 Å².